The van der Waals surface area contributed by atoms with Crippen LogP contribution in [0.25, 0.3) is 0 Å². The van der Waals surface area contributed by atoms with Crippen LogP contribution >= 0.6 is 0 Å². The van der Waals surface area contributed by atoms with Crippen LogP contribution in [0.2, 0.25) is 0 Å². The minimum Gasteiger partial charge on any atom is -0.476 e. The SMILES string of the molecule is c1cc(N2CCOCC2)cc(N[C@@H]2CCCN(c3ccc(OCCN4CCCC4)nc3)C2)n1. The van der Waals surface area contributed by atoms with Crippen LogP contribution in [-0.4, -0.2) is 86.5 Å². The van der Waals surface area contributed by atoms with Gasteiger partial charge in [-0.2, -0.15) is 0 Å². The molecule has 1 N–H and O–H groups in total. The second kappa shape index (κ2) is 11.0. The Bertz CT molecular complexity index is 867. The molecule has 8 nitrogen and oxygen atoms in total. The minimum absolute atomic E-state index is 0.363. The van der Waals surface area contributed by atoms with Crippen LogP contribution in [0.3, 0.4) is 0 Å². The highest BCUT2D eigenvalue weighted by Crippen LogP contribution is 2.24. The summed E-state index contributed by atoms with van der Waals surface area (Å²) in [7, 11) is 0. The molecule has 3 saturated heterocycles. The molecule has 5 heterocycles. The summed E-state index contributed by atoms with van der Waals surface area (Å²) >= 11 is 0. The summed E-state index contributed by atoms with van der Waals surface area (Å²) in [4.78, 5) is 16.4. The first-order chi connectivity index (χ1) is 16.3. The van der Waals surface area contributed by atoms with E-state index in [9.17, 15) is 0 Å². The zero-order valence-corrected chi connectivity index (χ0v) is 19.5. The lowest BCUT2D eigenvalue weighted by molar-refractivity contribution is 0.122. The Balaban J connectivity index is 1.13. The molecule has 0 aromatic carbocycles. The molecule has 0 amide bonds. The molecule has 0 spiro atoms. The van der Waals surface area contributed by atoms with E-state index in [0.29, 0.717) is 18.5 Å². The van der Waals surface area contributed by atoms with Crippen LogP contribution in [0.1, 0.15) is 25.7 Å². The van der Waals surface area contributed by atoms with E-state index in [1.807, 2.05) is 18.5 Å². The number of aromatic nitrogens is 2. The van der Waals surface area contributed by atoms with Crippen molar-refractivity contribution in [2.75, 3.05) is 80.8 Å². The molecule has 5 rings (SSSR count). The van der Waals surface area contributed by atoms with Crippen molar-refractivity contribution < 1.29 is 9.47 Å². The van der Waals surface area contributed by atoms with Gasteiger partial charge in [0.25, 0.3) is 0 Å². The largest absolute Gasteiger partial charge is 0.476 e. The fraction of sp³-hybridized carbons (Fsp3) is 0.600. The molecule has 3 aliphatic heterocycles. The highest BCUT2D eigenvalue weighted by Gasteiger charge is 2.21. The maximum Gasteiger partial charge on any atom is 0.213 e. The number of anilines is 3. The summed E-state index contributed by atoms with van der Waals surface area (Å²) in [6.45, 7) is 9.55. The van der Waals surface area contributed by atoms with Crippen molar-refractivity contribution in [3.05, 3.63) is 36.7 Å². The number of morpholine rings is 1. The van der Waals surface area contributed by atoms with Crippen molar-refractivity contribution in [1.82, 2.24) is 14.9 Å². The van der Waals surface area contributed by atoms with Crippen LogP contribution in [0.15, 0.2) is 36.7 Å². The van der Waals surface area contributed by atoms with Gasteiger partial charge in [0, 0.05) is 62.8 Å². The van der Waals surface area contributed by atoms with Gasteiger partial charge in [-0.1, -0.05) is 0 Å². The maximum atomic E-state index is 5.87. The van der Waals surface area contributed by atoms with Crippen molar-refractivity contribution in [1.29, 1.82) is 0 Å². The third kappa shape index (κ3) is 6.06. The number of rotatable bonds is 8. The van der Waals surface area contributed by atoms with E-state index in [4.69, 9.17) is 9.47 Å². The molecule has 8 heteroatoms. The third-order valence-electron chi connectivity index (χ3n) is 6.84. The van der Waals surface area contributed by atoms with Crippen LogP contribution in [0, 0.1) is 0 Å². The van der Waals surface area contributed by atoms with E-state index < -0.39 is 0 Å². The van der Waals surface area contributed by atoms with Gasteiger partial charge in [0.15, 0.2) is 0 Å². The predicted octanol–water partition coefficient (Wildman–Crippen LogP) is 2.87. The van der Waals surface area contributed by atoms with Crippen LogP contribution < -0.4 is 19.9 Å². The van der Waals surface area contributed by atoms with Gasteiger partial charge >= 0.3 is 0 Å². The summed E-state index contributed by atoms with van der Waals surface area (Å²) < 4.78 is 11.3. The van der Waals surface area contributed by atoms with E-state index in [1.165, 1.54) is 31.6 Å². The van der Waals surface area contributed by atoms with Gasteiger partial charge in [0.1, 0.15) is 12.4 Å². The minimum atomic E-state index is 0.363. The molecule has 0 saturated carbocycles. The molecule has 3 aliphatic rings. The number of hydrogen-bond acceptors (Lipinski definition) is 8. The van der Waals surface area contributed by atoms with Crippen molar-refractivity contribution >= 4 is 17.2 Å². The van der Waals surface area contributed by atoms with Crippen LogP contribution in [0.5, 0.6) is 5.88 Å². The quantitative estimate of drug-likeness (QED) is 0.656. The van der Waals surface area contributed by atoms with E-state index in [0.717, 1.165) is 70.3 Å². The molecule has 178 valence electrons. The molecule has 0 unspecified atom stereocenters. The van der Waals surface area contributed by atoms with Gasteiger partial charge in [0.05, 0.1) is 25.1 Å². The molecule has 33 heavy (non-hydrogen) atoms. The Kier molecular flexibility index (Phi) is 7.43. The molecule has 0 aliphatic carbocycles. The monoisotopic (exact) mass is 452 g/mol. The highest BCUT2D eigenvalue weighted by molar-refractivity contribution is 5.55. The molecule has 0 radical (unpaired) electrons. The lowest BCUT2D eigenvalue weighted by Gasteiger charge is -2.35. The van der Waals surface area contributed by atoms with Crippen molar-refractivity contribution in [2.24, 2.45) is 0 Å². The number of pyridine rings is 2. The number of likely N-dealkylation sites (tertiary alicyclic amines) is 1. The number of ether oxygens (including phenoxy) is 2. The first-order valence-electron chi connectivity index (χ1n) is 12.4. The van der Waals surface area contributed by atoms with Crippen molar-refractivity contribution in [2.45, 2.75) is 31.7 Å². The van der Waals surface area contributed by atoms with Gasteiger partial charge in [0.2, 0.25) is 5.88 Å². The van der Waals surface area contributed by atoms with E-state index >= 15 is 0 Å². The van der Waals surface area contributed by atoms with Gasteiger partial charge in [-0.05, 0) is 50.9 Å². The average molecular weight is 453 g/mol. The fourth-order valence-corrected chi connectivity index (χ4v) is 4.99. The second-order valence-corrected chi connectivity index (χ2v) is 9.18. The molecule has 2 aromatic rings. The van der Waals surface area contributed by atoms with Gasteiger partial charge in [-0.25, -0.2) is 9.97 Å². The van der Waals surface area contributed by atoms with Crippen LogP contribution in [-0.2, 0) is 4.74 Å². The van der Waals surface area contributed by atoms with E-state index in [2.05, 4.69) is 48.2 Å². The lowest BCUT2D eigenvalue weighted by atomic mass is 10.1. The van der Waals surface area contributed by atoms with Crippen molar-refractivity contribution in [3.63, 3.8) is 0 Å². The highest BCUT2D eigenvalue weighted by atomic mass is 16.5. The first-order valence-corrected chi connectivity index (χ1v) is 12.4. The predicted molar refractivity (Wildman–Crippen MR) is 132 cm³/mol. The third-order valence-corrected chi connectivity index (χ3v) is 6.84. The molecule has 1 atom stereocenters. The molecule has 2 aromatic heterocycles. The number of nitrogens with one attached hydrogen (secondary N) is 1. The molecule has 0 bridgehead atoms. The second-order valence-electron chi connectivity index (χ2n) is 9.18. The normalized spacial score (nSPS) is 21.9. The fourth-order valence-electron chi connectivity index (χ4n) is 4.99. The lowest BCUT2D eigenvalue weighted by Crippen LogP contribution is -2.42. The number of nitrogens with zero attached hydrogens (tertiary/aromatic N) is 5. The molecular weight excluding hydrogens is 416 g/mol. The van der Waals surface area contributed by atoms with Gasteiger partial charge in [-0.3, -0.25) is 4.90 Å². The average Bonchev–Trinajstić information content (AvgIpc) is 3.39. The molecule has 3 fully saturated rings. The first kappa shape index (κ1) is 22.2. The molecular formula is C25H36N6O2. The Morgan fingerprint density at radius 2 is 1.82 bits per heavy atom. The Hall–Kier alpha value is -2.58. The number of hydrogen-bond donors (Lipinski definition) is 1. The Morgan fingerprint density at radius 1 is 0.939 bits per heavy atom. The van der Waals surface area contributed by atoms with Gasteiger partial charge < -0.3 is 24.6 Å². The van der Waals surface area contributed by atoms with Crippen LogP contribution in [0.4, 0.5) is 17.2 Å². The van der Waals surface area contributed by atoms with Gasteiger partial charge in [-0.15, -0.1) is 0 Å². The van der Waals surface area contributed by atoms with Crippen molar-refractivity contribution in [3.8, 4) is 5.88 Å². The summed E-state index contributed by atoms with van der Waals surface area (Å²) in [5.41, 5.74) is 2.37. The maximum absolute atomic E-state index is 5.87. The zero-order chi connectivity index (χ0) is 22.3. The standard InChI is InChI=1S/C25H36N6O2/c1-2-10-29(9-1)12-17-33-25-6-5-23(19-27-25)31-11-3-4-21(20-31)28-24-18-22(7-8-26-24)30-13-15-32-16-14-30/h5-8,18-19,21H,1-4,9-17,20H2,(H,26,28)/t21-/m1/s1. The topological polar surface area (TPSA) is 66.0 Å². The summed E-state index contributed by atoms with van der Waals surface area (Å²) in [5.74, 6) is 1.67. The zero-order valence-electron chi connectivity index (χ0n) is 19.5. The summed E-state index contributed by atoms with van der Waals surface area (Å²) in [6.07, 6.45) is 8.77. The smallest absolute Gasteiger partial charge is 0.213 e. The Morgan fingerprint density at radius 3 is 2.64 bits per heavy atom. The Labute approximate surface area is 196 Å². The van der Waals surface area contributed by atoms with E-state index in [1.54, 1.807) is 0 Å². The van der Waals surface area contributed by atoms with E-state index in [-0.39, 0.29) is 0 Å². The summed E-state index contributed by atoms with van der Waals surface area (Å²) in [5, 5.41) is 3.67. The summed E-state index contributed by atoms with van der Waals surface area (Å²) in [6, 6.07) is 8.76. The number of piperidine rings is 1.